The summed E-state index contributed by atoms with van der Waals surface area (Å²) in [5.41, 5.74) is 2.99. The van der Waals surface area contributed by atoms with Crippen LogP contribution in [-0.4, -0.2) is 11.1 Å². The third kappa shape index (κ3) is 3.05. The maximum atomic E-state index is 11.8. The van der Waals surface area contributed by atoms with Crippen LogP contribution in [-0.2, 0) is 12.3 Å². The molecule has 1 nitrogen and oxygen atoms in total. The van der Waals surface area contributed by atoms with Crippen molar-refractivity contribution in [1.82, 2.24) is 0 Å². The summed E-state index contributed by atoms with van der Waals surface area (Å²) in [4.78, 5) is 11.8. The molecule has 3 heteroatoms. The van der Waals surface area contributed by atoms with Crippen LogP contribution in [0.15, 0.2) is 18.2 Å². The van der Waals surface area contributed by atoms with Crippen molar-refractivity contribution in [1.29, 1.82) is 0 Å². The lowest BCUT2D eigenvalue weighted by atomic mass is 9.96. The van der Waals surface area contributed by atoms with E-state index in [1.165, 1.54) is 0 Å². The summed E-state index contributed by atoms with van der Waals surface area (Å²) in [5.74, 6) is 0.661. The van der Waals surface area contributed by atoms with Crippen LogP contribution in [0.2, 0.25) is 0 Å². The second-order valence-electron chi connectivity index (χ2n) is 3.29. The molecule has 82 valence electrons. The van der Waals surface area contributed by atoms with Crippen LogP contribution in [0, 0.1) is 0 Å². The van der Waals surface area contributed by atoms with E-state index < -0.39 is 0 Å². The topological polar surface area (TPSA) is 17.1 Å². The molecule has 0 bridgehead atoms. The van der Waals surface area contributed by atoms with Gasteiger partial charge in [0.1, 0.15) is 0 Å². The van der Waals surface area contributed by atoms with Gasteiger partial charge in [-0.25, -0.2) is 0 Å². The molecular formula is C12H14BrClO. The van der Waals surface area contributed by atoms with Crippen molar-refractivity contribution in [3.63, 3.8) is 0 Å². The van der Waals surface area contributed by atoms with Crippen molar-refractivity contribution >= 4 is 33.3 Å². The molecule has 0 saturated heterocycles. The number of carbonyl (C=O) groups excluding carboxylic acids is 1. The number of carbonyl (C=O) groups is 1. The predicted octanol–water partition coefficient (Wildman–Crippen LogP) is 3.96. The van der Waals surface area contributed by atoms with Crippen LogP contribution in [0.1, 0.15) is 34.8 Å². The zero-order chi connectivity index (χ0) is 11.3. The molecule has 0 unspecified atom stereocenters. The first-order chi connectivity index (χ1) is 7.24. The lowest BCUT2D eigenvalue weighted by Crippen LogP contribution is -2.06. The van der Waals surface area contributed by atoms with Gasteiger partial charge in [0.15, 0.2) is 5.78 Å². The van der Waals surface area contributed by atoms with E-state index in [0.29, 0.717) is 17.6 Å². The number of hydrogen-bond acceptors (Lipinski definition) is 1. The molecule has 0 radical (unpaired) electrons. The highest BCUT2D eigenvalue weighted by Crippen LogP contribution is 2.19. The number of ketones is 1. The van der Waals surface area contributed by atoms with E-state index >= 15 is 0 Å². The Morgan fingerprint density at radius 1 is 1.47 bits per heavy atom. The minimum absolute atomic E-state index is 0.190. The maximum Gasteiger partial charge on any atom is 0.163 e. The molecule has 0 saturated carbocycles. The zero-order valence-electron chi connectivity index (χ0n) is 8.72. The Morgan fingerprint density at radius 3 is 2.73 bits per heavy atom. The Bertz CT molecular complexity index is 349. The van der Waals surface area contributed by atoms with Crippen LogP contribution in [0.25, 0.3) is 0 Å². The molecular weight excluding hydrogens is 275 g/mol. The summed E-state index contributed by atoms with van der Waals surface area (Å²) in [6, 6.07) is 5.77. The van der Waals surface area contributed by atoms with Gasteiger partial charge in [-0.3, -0.25) is 4.79 Å². The van der Waals surface area contributed by atoms with Gasteiger partial charge in [0.25, 0.3) is 0 Å². The molecule has 0 spiro atoms. The molecule has 0 fully saturated rings. The quantitative estimate of drug-likeness (QED) is 0.592. The molecule has 0 N–H and O–H groups in total. The molecule has 1 aromatic rings. The maximum absolute atomic E-state index is 11.8. The van der Waals surface area contributed by atoms with Crippen LogP contribution < -0.4 is 0 Å². The van der Waals surface area contributed by atoms with Crippen LogP contribution >= 0.6 is 27.5 Å². The Morgan fingerprint density at radius 2 is 2.20 bits per heavy atom. The van der Waals surface area contributed by atoms with Crippen molar-refractivity contribution in [2.45, 2.75) is 25.6 Å². The van der Waals surface area contributed by atoms with E-state index in [4.69, 9.17) is 11.6 Å². The number of hydrogen-bond donors (Lipinski definition) is 0. The molecule has 15 heavy (non-hydrogen) atoms. The summed E-state index contributed by atoms with van der Waals surface area (Å²) in [7, 11) is 0. The van der Waals surface area contributed by atoms with Crippen molar-refractivity contribution in [2.75, 3.05) is 5.33 Å². The smallest absolute Gasteiger partial charge is 0.163 e. The van der Waals surface area contributed by atoms with E-state index in [-0.39, 0.29) is 5.78 Å². The van der Waals surface area contributed by atoms with Crippen LogP contribution in [0.4, 0.5) is 0 Å². The van der Waals surface area contributed by atoms with E-state index in [9.17, 15) is 4.79 Å². The van der Waals surface area contributed by atoms with Gasteiger partial charge in [-0.05, 0) is 17.5 Å². The van der Waals surface area contributed by atoms with Crippen molar-refractivity contribution in [2.24, 2.45) is 0 Å². The normalized spacial score (nSPS) is 10.3. The molecule has 0 heterocycles. The van der Waals surface area contributed by atoms with E-state index in [1.807, 2.05) is 18.2 Å². The summed E-state index contributed by atoms with van der Waals surface area (Å²) in [5, 5.41) is 0.708. The first-order valence-electron chi connectivity index (χ1n) is 5.00. The minimum Gasteiger partial charge on any atom is -0.294 e. The Labute approximate surface area is 104 Å². The molecule has 1 rings (SSSR count). The highest BCUT2D eigenvalue weighted by atomic mass is 79.9. The second kappa shape index (κ2) is 6.29. The van der Waals surface area contributed by atoms with E-state index in [2.05, 4.69) is 22.9 Å². The lowest BCUT2D eigenvalue weighted by molar-refractivity contribution is 0.0989. The molecule has 0 atom stereocenters. The molecule has 1 aromatic carbocycles. The predicted molar refractivity (Wildman–Crippen MR) is 68.1 cm³/mol. The zero-order valence-corrected chi connectivity index (χ0v) is 11.1. The average molecular weight is 290 g/mol. The number of alkyl halides is 2. The number of halogens is 2. The summed E-state index contributed by atoms with van der Waals surface area (Å²) < 4.78 is 0. The molecule has 0 aliphatic heterocycles. The van der Waals surface area contributed by atoms with Gasteiger partial charge in [-0.1, -0.05) is 41.1 Å². The lowest BCUT2D eigenvalue weighted by Gasteiger charge is -2.10. The van der Waals surface area contributed by atoms with Crippen LogP contribution in [0.5, 0.6) is 0 Å². The van der Waals surface area contributed by atoms with Gasteiger partial charge in [-0.15, -0.1) is 11.6 Å². The van der Waals surface area contributed by atoms with Gasteiger partial charge in [0.2, 0.25) is 0 Å². The SMILES string of the molecule is CCc1c(CCl)cccc1C(=O)CCBr. The fourth-order valence-electron chi connectivity index (χ4n) is 1.66. The summed E-state index contributed by atoms with van der Waals surface area (Å²) >= 11 is 9.13. The Hall–Kier alpha value is -0.340. The van der Waals surface area contributed by atoms with Gasteiger partial charge < -0.3 is 0 Å². The fraction of sp³-hybridized carbons (Fsp3) is 0.417. The monoisotopic (exact) mass is 288 g/mol. The highest BCUT2D eigenvalue weighted by molar-refractivity contribution is 9.09. The van der Waals surface area contributed by atoms with Gasteiger partial charge in [0, 0.05) is 23.2 Å². The Balaban J connectivity index is 3.11. The van der Waals surface area contributed by atoms with Crippen molar-refractivity contribution < 1.29 is 4.79 Å². The molecule has 0 amide bonds. The number of Topliss-reactive ketones (excluding diaryl/α,β-unsaturated/α-hetero) is 1. The number of benzene rings is 1. The second-order valence-corrected chi connectivity index (χ2v) is 4.35. The first kappa shape index (κ1) is 12.7. The molecule has 0 aromatic heterocycles. The van der Waals surface area contributed by atoms with Gasteiger partial charge in [0.05, 0.1) is 0 Å². The summed E-state index contributed by atoms with van der Waals surface area (Å²) in [6.07, 6.45) is 1.39. The third-order valence-corrected chi connectivity index (χ3v) is 3.08. The van der Waals surface area contributed by atoms with E-state index in [0.717, 1.165) is 23.1 Å². The van der Waals surface area contributed by atoms with Gasteiger partial charge >= 0.3 is 0 Å². The minimum atomic E-state index is 0.190. The van der Waals surface area contributed by atoms with Crippen molar-refractivity contribution in [3.8, 4) is 0 Å². The van der Waals surface area contributed by atoms with E-state index in [1.54, 1.807) is 0 Å². The highest BCUT2D eigenvalue weighted by Gasteiger charge is 2.12. The average Bonchev–Trinajstić information content (AvgIpc) is 2.28. The third-order valence-electron chi connectivity index (χ3n) is 2.39. The first-order valence-corrected chi connectivity index (χ1v) is 6.66. The molecule has 0 aliphatic carbocycles. The summed E-state index contributed by atoms with van der Waals surface area (Å²) in [6.45, 7) is 2.05. The number of rotatable bonds is 5. The standard InChI is InChI=1S/C12H14BrClO/c1-2-10-9(8-14)4-3-5-11(10)12(15)6-7-13/h3-5H,2,6-8H2,1H3. The van der Waals surface area contributed by atoms with Crippen molar-refractivity contribution in [3.05, 3.63) is 34.9 Å². The van der Waals surface area contributed by atoms with Crippen LogP contribution in [0.3, 0.4) is 0 Å². The van der Waals surface area contributed by atoms with Gasteiger partial charge in [-0.2, -0.15) is 0 Å². The Kier molecular flexibility index (Phi) is 5.34. The fourth-order valence-corrected chi connectivity index (χ4v) is 2.27. The largest absolute Gasteiger partial charge is 0.294 e. The molecule has 0 aliphatic rings.